The molecule has 0 bridgehead atoms. The smallest absolute Gasteiger partial charge is 0.408 e. The molecular formula is C18H30FNO6. The monoisotopic (exact) mass is 375 g/mol. The molecule has 0 heterocycles. The summed E-state index contributed by atoms with van der Waals surface area (Å²) in [4.78, 5) is 34.6. The second-order valence-corrected chi connectivity index (χ2v) is 7.99. The summed E-state index contributed by atoms with van der Waals surface area (Å²) in [5.74, 6) is -3.87. The van der Waals surface area contributed by atoms with Gasteiger partial charge in [0.2, 0.25) is 0 Å². The van der Waals surface area contributed by atoms with E-state index in [1.807, 2.05) is 0 Å². The lowest BCUT2D eigenvalue weighted by molar-refractivity contribution is -0.155. The Morgan fingerprint density at radius 3 is 2.00 bits per heavy atom. The van der Waals surface area contributed by atoms with Crippen molar-refractivity contribution in [3.63, 3.8) is 0 Å². The quantitative estimate of drug-likeness (QED) is 0.660. The highest BCUT2D eigenvalue weighted by atomic mass is 19.1. The maximum atomic E-state index is 14.2. The molecule has 0 aromatic rings. The number of hydrogen-bond acceptors (Lipinski definition) is 5. The Morgan fingerprint density at radius 2 is 1.58 bits per heavy atom. The van der Waals surface area contributed by atoms with Crippen LogP contribution in [0.3, 0.4) is 0 Å². The molecule has 0 aliphatic carbocycles. The summed E-state index contributed by atoms with van der Waals surface area (Å²) in [5.41, 5.74) is -1.41. The Balaban J connectivity index is 4.81. The molecular weight excluding hydrogens is 345 g/mol. The number of nitrogens with one attached hydrogen (secondary N) is 1. The van der Waals surface area contributed by atoms with Crippen LogP contribution in [0.1, 0.15) is 61.3 Å². The third-order valence-corrected chi connectivity index (χ3v) is 2.90. The van der Waals surface area contributed by atoms with Crippen molar-refractivity contribution < 1.29 is 33.4 Å². The largest absolute Gasteiger partial charge is 0.481 e. The normalized spacial score (nSPS) is 15.0. The van der Waals surface area contributed by atoms with Gasteiger partial charge in [0, 0.05) is 6.42 Å². The number of amides is 1. The van der Waals surface area contributed by atoms with E-state index in [2.05, 4.69) is 5.32 Å². The molecule has 0 saturated carbocycles. The summed E-state index contributed by atoms with van der Waals surface area (Å²) < 4.78 is 24.3. The lowest BCUT2D eigenvalue weighted by Crippen LogP contribution is -2.38. The van der Waals surface area contributed by atoms with E-state index in [-0.39, 0.29) is 12.8 Å². The average Bonchev–Trinajstić information content (AvgIpc) is 2.38. The van der Waals surface area contributed by atoms with Crippen molar-refractivity contribution in [2.75, 3.05) is 0 Å². The van der Waals surface area contributed by atoms with E-state index in [9.17, 15) is 23.9 Å². The van der Waals surface area contributed by atoms with Gasteiger partial charge in [-0.2, -0.15) is 0 Å². The van der Waals surface area contributed by atoms with E-state index in [1.54, 1.807) is 41.5 Å². The van der Waals surface area contributed by atoms with Gasteiger partial charge in [-0.3, -0.25) is 9.59 Å². The van der Waals surface area contributed by atoms with Crippen LogP contribution < -0.4 is 5.32 Å². The third kappa shape index (κ3) is 11.4. The third-order valence-electron chi connectivity index (χ3n) is 2.90. The van der Waals surface area contributed by atoms with Gasteiger partial charge >= 0.3 is 18.0 Å². The molecule has 7 nitrogen and oxygen atoms in total. The van der Waals surface area contributed by atoms with Crippen molar-refractivity contribution in [1.29, 1.82) is 0 Å². The number of esters is 1. The lowest BCUT2D eigenvalue weighted by atomic mass is 10.0. The van der Waals surface area contributed by atoms with Crippen LogP contribution in [0.4, 0.5) is 9.18 Å². The number of carboxylic acids is 1. The van der Waals surface area contributed by atoms with Crippen molar-refractivity contribution in [2.45, 2.75) is 78.6 Å². The van der Waals surface area contributed by atoms with Crippen LogP contribution in [0.25, 0.3) is 0 Å². The standard InChI is InChI=1S/C18H30FNO6/c1-11(20-16(24)26-18(5,6)7)13(19)10-12(15(22)23)8-9-14(21)25-17(2,3)4/h10-12H,8-9H2,1-7H3,(H,20,24)(H,22,23)/b13-10-. The molecule has 0 aromatic heterocycles. The van der Waals surface area contributed by atoms with Gasteiger partial charge in [0.25, 0.3) is 0 Å². The molecule has 8 heteroatoms. The molecule has 2 N–H and O–H groups in total. The fourth-order valence-corrected chi connectivity index (χ4v) is 1.83. The van der Waals surface area contributed by atoms with E-state index >= 15 is 0 Å². The number of ether oxygens (including phenoxy) is 2. The van der Waals surface area contributed by atoms with Crippen molar-refractivity contribution >= 4 is 18.0 Å². The second kappa shape index (κ2) is 9.54. The first-order valence-electron chi connectivity index (χ1n) is 8.42. The highest BCUT2D eigenvalue weighted by Gasteiger charge is 2.24. The fourth-order valence-electron chi connectivity index (χ4n) is 1.83. The highest BCUT2D eigenvalue weighted by molar-refractivity contribution is 5.75. The summed E-state index contributed by atoms with van der Waals surface area (Å²) >= 11 is 0. The lowest BCUT2D eigenvalue weighted by Gasteiger charge is -2.22. The first kappa shape index (κ1) is 23.9. The van der Waals surface area contributed by atoms with E-state index in [0.717, 1.165) is 6.08 Å². The number of rotatable bonds is 7. The van der Waals surface area contributed by atoms with E-state index in [0.29, 0.717) is 0 Å². The maximum Gasteiger partial charge on any atom is 0.408 e. The summed E-state index contributed by atoms with van der Waals surface area (Å²) in [6.07, 6.45) is -0.202. The minimum Gasteiger partial charge on any atom is -0.481 e. The molecule has 0 aliphatic heterocycles. The molecule has 150 valence electrons. The SMILES string of the molecule is CC(NC(=O)OC(C)(C)C)/C(F)=C/C(CCC(=O)OC(C)(C)C)C(=O)O. The summed E-state index contributed by atoms with van der Waals surface area (Å²) in [6, 6.07) is -1.06. The van der Waals surface area contributed by atoms with Crippen molar-refractivity contribution in [3.05, 3.63) is 11.9 Å². The van der Waals surface area contributed by atoms with Crippen molar-refractivity contribution in [1.82, 2.24) is 5.32 Å². The summed E-state index contributed by atoms with van der Waals surface area (Å²) in [5, 5.41) is 11.5. The fraction of sp³-hybridized carbons (Fsp3) is 0.722. The molecule has 0 spiro atoms. The maximum absolute atomic E-state index is 14.2. The summed E-state index contributed by atoms with van der Waals surface area (Å²) in [6.45, 7) is 11.5. The minimum absolute atomic E-state index is 0.114. The average molecular weight is 375 g/mol. The van der Waals surface area contributed by atoms with Gasteiger partial charge in [0.15, 0.2) is 0 Å². The molecule has 0 fully saturated rings. The highest BCUT2D eigenvalue weighted by Crippen LogP contribution is 2.17. The number of alkyl carbamates (subject to hydrolysis) is 1. The molecule has 0 aromatic carbocycles. The van der Waals surface area contributed by atoms with Crippen LogP contribution in [0, 0.1) is 5.92 Å². The van der Waals surface area contributed by atoms with Gasteiger partial charge < -0.3 is 19.9 Å². The van der Waals surface area contributed by atoms with Gasteiger partial charge in [-0.1, -0.05) is 0 Å². The Morgan fingerprint density at radius 1 is 1.08 bits per heavy atom. The van der Waals surface area contributed by atoms with E-state index in [4.69, 9.17) is 9.47 Å². The predicted molar refractivity (Wildman–Crippen MR) is 94.2 cm³/mol. The van der Waals surface area contributed by atoms with Crippen LogP contribution in [0.5, 0.6) is 0 Å². The first-order chi connectivity index (χ1) is 11.6. The summed E-state index contributed by atoms with van der Waals surface area (Å²) in [7, 11) is 0. The first-order valence-corrected chi connectivity index (χ1v) is 8.42. The van der Waals surface area contributed by atoms with E-state index in [1.165, 1.54) is 6.92 Å². The second-order valence-electron chi connectivity index (χ2n) is 7.99. The molecule has 0 saturated heterocycles. The van der Waals surface area contributed by atoms with Crippen molar-refractivity contribution in [3.8, 4) is 0 Å². The Hall–Kier alpha value is -2.12. The van der Waals surface area contributed by atoms with Gasteiger partial charge in [-0.05, 0) is 61.0 Å². The number of carboxylic acid groups (broad SMARTS) is 1. The van der Waals surface area contributed by atoms with Crippen LogP contribution in [0.15, 0.2) is 11.9 Å². The van der Waals surface area contributed by atoms with E-state index < -0.39 is 47.0 Å². The Bertz CT molecular complexity index is 545. The zero-order chi connectivity index (χ0) is 20.7. The van der Waals surface area contributed by atoms with Crippen LogP contribution in [0.2, 0.25) is 0 Å². The number of carbonyl (C=O) groups excluding carboxylic acids is 2. The number of halogens is 1. The molecule has 0 radical (unpaired) electrons. The predicted octanol–water partition coefficient (Wildman–Crippen LogP) is 3.58. The van der Waals surface area contributed by atoms with Crippen LogP contribution >= 0.6 is 0 Å². The van der Waals surface area contributed by atoms with Crippen molar-refractivity contribution in [2.24, 2.45) is 5.92 Å². The van der Waals surface area contributed by atoms with Crippen LogP contribution in [-0.4, -0.2) is 40.4 Å². The number of carbonyl (C=O) groups is 3. The minimum atomic E-state index is -1.27. The molecule has 26 heavy (non-hydrogen) atoms. The Kier molecular flexibility index (Phi) is 8.76. The van der Waals surface area contributed by atoms with Gasteiger partial charge in [-0.15, -0.1) is 0 Å². The zero-order valence-corrected chi connectivity index (χ0v) is 16.5. The zero-order valence-electron chi connectivity index (χ0n) is 16.5. The van der Waals surface area contributed by atoms with Gasteiger partial charge in [0.05, 0.1) is 12.0 Å². The Labute approximate surface area is 153 Å². The molecule has 0 rings (SSSR count). The molecule has 0 aliphatic rings. The van der Waals surface area contributed by atoms with Gasteiger partial charge in [0.1, 0.15) is 17.0 Å². The molecule has 2 atom stereocenters. The molecule has 1 amide bonds. The number of hydrogen-bond donors (Lipinski definition) is 2. The molecule has 2 unspecified atom stereocenters. The van der Waals surface area contributed by atoms with Gasteiger partial charge in [-0.25, -0.2) is 9.18 Å². The van der Waals surface area contributed by atoms with Crippen LogP contribution in [-0.2, 0) is 19.1 Å². The number of aliphatic carboxylic acids is 1. The topological polar surface area (TPSA) is 102 Å².